The molecule has 1 atom stereocenters. The average Bonchev–Trinajstić information content (AvgIpc) is 2.87. The van der Waals surface area contributed by atoms with Crippen molar-refractivity contribution in [3.8, 4) is 0 Å². The Hall–Kier alpha value is -0.940. The number of hydrogen-bond acceptors (Lipinski definition) is 5. The Balaban J connectivity index is 1.95. The van der Waals surface area contributed by atoms with Gasteiger partial charge in [-0.25, -0.2) is 0 Å². The van der Waals surface area contributed by atoms with Gasteiger partial charge in [-0.2, -0.15) is 4.98 Å². The van der Waals surface area contributed by atoms with Crippen molar-refractivity contribution in [1.29, 1.82) is 0 Å². The zero-order chi connectivity index (χ0) is 13.1. The molecule has 1 aliphatic carbocycles. The van der Waals surface area contributed by atoms with Crippen molar-refractivity contribution in [2.45, 2.75) is 51.5 Å². The number of nitrogens with zero attached hydrogens (tertiary/aromatic N) is 2. The Labute approximate surface area is 108 Å². The van der Waals surface area contributed by atoms with E-state index < -0.39 is 6.04 Å². The lowest BCUT2D eigenvalue weighted by atomic mass is 9.77. The van der Waals surface area contributed by atoms with Crippen LogP contribution < -0.4 is 5.73 Å². The first kappa shape index (κ1) is 13.5. The lowest BCUT2D eigenvalue weighted by Crippen LogP contribution is -2.18. The summed E-state index contributed by atoms with van der Waals surface area (Å²) >= 11 is 0. The molecule has 1 fully saturated rings. The number of aliphatic hydroxyl groups excluding tert-OH is 1. The van der Waals surface area contributed by atoms with Crippen molar-refractivity contribution < 1.29 is 9.63 Å². The molecule has 1 aromatic heterocycles. The van der Waals surface area contributed by atoms with E-state index >= 15 is 0 Å². The minimum Gasteiger partial charge on any atom is -0.394 e. The molecule has 0 saturated heterocycles. The molecule has 102 valence electrons. The Morgan fingerprint density at radius 3 is 2.56 bits per heavy atom. The lowest BCUT2D eigenvalue weighted by Gasteiger charge is -2.29. The SMILES string of the molecule is CC(C)C1CCC(c2noc(C(N)CO)n2)CC1. The summed E-state index contributed by atoms with van der Waals surface area (Å²) in [7, 11) is 0. The van der Waals surface area contributed by atoms with Gasteiger partial charge in [0, 0.05) is 5.92 Å². The second kappa shape index (κ2) is 5.80. The Bertz CT molecular complexity index is 370. The van der Waals surface area contributed by atoms with Gasteiger partial charge in [0.05, 0.1) is 6.61 Å². The van der Waals surface area contributed by atoms with E-state index in [2.05, 4.69) is 24.0 Å². The zero-order valence-corrected chi connectivity index (χ0v) is 11.2. The summed E-state index contributed by atoms with van der Waals surface area (Å²) < 4.78 is 5.10. The number of nitrogens with two attached hydrogens (primary N) is 1. The molecule has 18 heavy (non-hydrogen) atoms. The summed E-state index contributed by atoms with van der Waals surface area (Å²) in [4.78, 5) is 4.31. The number of hydrogen-bond donors (Lipinski definition) is 2. The van der Waals surface area contributed by atoms with Crippen LogP contribution in [0.4, 0.5) is 0 Å². The van der Waals surface area contributed by atoms with E-state index in [0.717, 1.165) is 30.5 Å². The predicted octanol–water partition coefficient (Wildman–Crippen LogP) is 1.99. The van der Waals surface area contributed by atoms with Gasteiger partial charge in [0.15, 0.2) is 5.82 Å². The van der Waals surface area contributed by atoms with Crippen LogP contribution in [-0.4, -0.2) is 21.9 Å². The molecular formula is C13H23N3O2. The number of rotatable bonds is 4. The van der Waals surface area contributed by atoms with Gasteiger partial charge in [0.25, 0.3) is 0 Å². The third-order valence-electron chi connectivity index (χ3n) is 4.05. The van der Waals surface area contributed by atoms with Crippen molar-refractivity contribution in [2.24, 2.45) is 17.6 Å². The minimum atomic E-state index is -0.557. The summed E-state index contributed by atoms with van der Waals surface area (Å²) in [6.07, 6.45) is 4.71. The largest absolute Gasteiger partial charge is 0.394 e. The van der Waals surface area contributed by atoms with Gasteiger partial charge in [0.2, 0.25) is 5.89 Å². The van der Waals surface area contributed by atoms with Gasteiger partial charge in [0.1, 0.15) is 6.04 Å². The molecule has 1 aromatic rings. The fourth-order valence-electron chi connectivity index (χ4n) is 2.69. The van der Waals surface area contributed by atoms with Crippen LogP contribution in [-0.2, 0) is 0 Å². The maximum absolute atomic E-state index is 8.95. The molecule has 0 amide bonds. The van der Waals surface area contributed by atoms with Crippen molar-refractivity contribution in [3.05, 3.63) is 11.7 Å². The van der Waals surface area contributed by atoms with Crippen LogP contribution in [0.3, 0.4) is 0 Å². The molecule has 0 bridgehead atoms. The Morgan fingerprint density at radius 2 is 2.00 bits per heavy atom. The quantitative estimate of drug-likeness (QED) is 0.857. The van der Waals surface area contributed by atoms with Gasteiger partial charge in [-0.05, 0) is 37.5 Å². The molecule has 3 N–H and O–H groups in total. The summed E-state index contributed by atoms with van der Waals surface area (Å²) in [6, 6.07) is -0.557. The van der Waals surface area contributed by atoms with E-state index in [9.17, 15) is 0 Å². The van der Waals surface area contributed by atoms with Crippen molar-refractivity contribution in [1.82, 2.24) is 10.1 Å². The monoisotopic (exact) mass is 253 g/mol. The maximum Gasteiger partial charge on any atom is 0.245 e. The van der Waals surface area contributed by atoms with Gasteiger partial charge in [-0.3, -0.25) is 0 Å². The van der Waals surface area contributed by atoms with E-state index in [1.165, 1.54) is 12.8 Å². The second-order valence-corrected chi connectivity index (χ2v) is 5.64. The van der Waals surface area contributed by atoms with Gasteiger partial charge in [-0.15, -0.1) is 0 Å². The normalized spacial score (nSPS) is 26.5. The molecule has 0 aromatic carbocycles. The van der Waals surface area contributed by atoms with Crippen LogP contribution in [0.1, 0.15) is 63.2 Å². The molecule has 1 aliphatic rings. The van der Waals surface area contributed by atoms with Gasteiger partial charge < -0.3 is 15.4 Å². The van der Waals surface area contributed by atoms with Crippen molar-refractivity contribution >= 4 is 0 Å². The zero-order valence-electron chi connectivity index (χ0n) is 11.2. The van der Waals surface area contributed by atoms with E-state index in [1.54, 1.807) is 0 Å². The van der Waals surface area contributed by atoms with Crippen molar-refractivity contribution in [2.75, 3.05) is 6.61 Å². The minimum absolute atomic E-state index is 0.165. The highest BCUT2D eigenvalue weighted by atomic mass is 16.5. The molecule has 1 saturated carbocycles. The Morgan fingerprint density at radius 1 is 1.33 bits per heavy atom. The first-order valence-corrected chi connectivity index (χ1v) is 6.81. The number of aliphatic hydroxyl groups is 1. The fourth-order valence-corrected chi connectivity index (χ4v) is 2.69. The van der Waals surface area contributed by atoms with Gasteiger partial charge >= 0.3 is 0 Å². The highest BCUT2D eigenvalue weighted by molar-refractivity contribution is 5.00. The topological polar surface area (TPSA) is 85.2 Å². The predicted molar refractivity (Wildman–Crippen MR) is 67.8 cm³/mol. The first-order valence-electron chi connectivity index (χ1n) is 6.81. The smallest absolute Gasteiger partial charge is 0.245 e. The van der Waals surface area contributed by atoms with E-state index in [0.29, 0.717) is 11.8 Å². The van der Waals surface area contributed by atoms with Crippen LogP contribution in [0.2, 0.25) is 0 Å². The van der Waals surface area contributed by atoms with Crippen LogP contribution in [0.25, 0.3) is 0 Å². The van der Waals surface area contributed by atoms with E-state index in [4.69, 9.17) is 15.4 Å². The molecule has 0 radical (unpaired) electrons. The standard InChI is InChI=1S/C13H23N3O2/c1-8(2)9-3-5-10(6-4-9)12-15-13(18-16-12)11(14)7-17/h8-11,17H,3-7,14H2,1-2H3. The van der Waals surface area contributed by atoms with Crippen LogP contribution >= 0.6 is 0 Å². The third kappa shape index (κ3) is 2.90. The molecular weight excluding hydrogens is 230 g/mol. The van der Waals surface area contributed by atoms with E-state index in [1.807, 2.05) is 0 Å². The maximum atomic E-state index is 8.95. The molecule has 1 unspecified atom stereocenters. The molecule has 0 aliphatic heterocycles. The third-order valence-corrected chi connectivity index (χ3v) is 4.05. The molecule has 5 heteroatoms. The van der Waals surface area contributed by atoms with Crippen molar-refractivity contribution in [3.63, 3.8) is 0 Å². The molecule has 2 rings (SSSR count). The van der Waals surface area contributed by atoms with Crippen LogP contribution in [0.15, 0.2) is 4.52 Å². The molecule has 1 heterocycles. The lowest BCUT2D eigenvalue weighted by molar-refractivity contribution is 0.235. The van der Waals surface area contributed by atoms with Gasteiger partial charge in [-0.1, -0.05) is 19.0 Å². The summed E-state index contributed by atoms with van der Waals surface area (Å²) in [5, 5.41) is 13.0. The van der Waals surface area contributed by atoms with Crippen LogP contribution in [0.5, 0.6) is 0 Å². The summed E-state index contributed by atoms with van der Waals surface area (Å²) in [5.41, 5.74) is 5.65. The fraction of sp³-hybridized carbons (Fsp3) is 0.846. The summed E-state index contributed by atoms with van der Waals surface area (Å²) in [6.45, 7) is 4.41. The first-order chi connectivity index (χ1) is 8.61. The highest BCUT2D eigenvalue weighted by Gasteiger charge is 2.27. The molecule has 0 spiro atoms. The average molecular weight is 253 g/mol. The molecule has 5 nitrogen and oxygen atoms in total. The highest BCUT2D eigenvalue weighted by Crippen LogP contribution is 2.37. The number of aromatic nitrogens is 2. The second-order valence-electron chi connectivity index (χ2n) is 5.64. The van der Waals surface area contributed by atoms with Crippen LogP contribution in [0, 0.1) is 11.8 Å². The summed E-state index contributed by atoms with van der Waals surface area (Å²) in [5.74, 6) is 3.08. The Kier molecular flexibility index (Phi) is 4.35. The van der Waals surface area contributed by atoms with E-state index in [-0.39, 0.29) is 6.61 Å².